The minimum absolute atomic E-state index is 0.0178. The molecule has 1 aromatic carbocycles. The highest BCUT2D eigenvalue weighted by atomic mass is 32.2. The third-order valence-corrected chi connectivity index (χ3v) is 18.7. The number of nitrogens with zero attached hydrogens (tertiary/aromatic N) is 6. The average molecular weight is 1210 g/mol. The fourth-order valence-electron chi connectivity index (χ4n) is 10.9. The lowest BCUT2D eigenvalue weighted by molar-refractivity contribution is -0.161. The molecule has 4 amide bonds. The number of amides is 4. The number of hydrogen-bond acceptors (Lipinski definition) is 17. The second-order valence-corrected chi connectivity index (χ2v) is 25.4. The second-order valence-electron chi connectivity index (χ2n) is 23.3. The molecule has 1 N–H and O–H groups in total. The number of benzene rings is 1. The number of carboxylic acid groups (broad SMARTS) is 1. The van der Waals surface area contributed by atoms with Crippen LogP contribution >= 0.6 is 23.5 Å². The van der Waals surface area contributed by atoms with Crippen LogP contribution in [0.2, 0.25) is 0 Å². The SMILES string of the molecule is CCC(C)[C@@H](C(CC(=O)N1CCC[C@H]1[C@H](OC)[C@@H](C)C(=O)C[C@@H](Cc1ccccc1)C(=O)O)OC)N(C)C(=O)[C@@H](CC(=O)C(C)(C)N(C)CCCC(=O)CN1C(=O)/C=C/SCS/C=C/C(=O)N1CC(=O)CCCN(C)[C@@H](C)C(=O)OC)C(C)C. The van der Waals surface area contributed by atoms with Gasteiger partial charge in [-0.2, -0.15) is 0 Å². The van der Waals surface area contributed by atoms with Crippen molar-refractivity contribution in [1.82, 2.24) is 29.6 Å². The molecule has 0 aromatic heterocycles. The number of carbonyl (C=O) groups excluding carboxylic acids is 9. The Morgan fingerprint density at radius 3 is 1.87 bits per heavy atom. The molecule has 470 valence electrons. The van der Waals surface area contributed by atoms with Crippen LogP contribution in [-0.2, 0) is 68.6 Å². The summed E-state index contributed by atoms with van der Waals surface area (Å²) in [5.74, 6) is -7.18. The fourth-order valence-corrected chi connectivity index (χ4v) is 12.2. The molecule has 0 aliphatic carbocycles. The molecule has 2 unspecified atom stereocenters. The number of likely N-dealkylation sites (N-methyl/N-ethyl adjacent to an activating group) is 3. The Morgan fingerprint density at radius 1 is 0.786 bits per heavy atom. The van der Waals surface area contributed by atoms with Crippen LogP contribution in [0.3, 0.4) is 0 Å². The third-order valence-electron chi connectivity index (χ3n) is 17.0. The van der Waals surface area contributed by atoms with Crippen molar-refractivity contribution in [2.45, 2.75) is 162 Å². The number of carbonyl (C=O) groups is 10. The quantitative estimate of drug-likeness (QED) is 0.0667. The molecule has 0 saturated carbocycles. The summed E-state index contributed by atoms with van der Waals surface area (Å²) in [5, 5.41) is 15.8. The van der Waals surface area contributed by atoms with Gasteiger partial charge in [-0.1, -0.05) is 71.4 Å². The number of carboxylic acids is 1. The number of ketones is 4. The Morgan fingerprint density at radius 2 is 1.36 bits per heavy atom. The van der Waals surface area contributed by atoms with Crippen LogP contribution in [-0.4, -0.2) is 210 Å². The van der Waals surface area contributed by atoms with Crippen LogP contribution < -0.4 is 0 Å². The Kier molecular flexibility index (Phi) is 31.3. The molecule has 22 heteroatoms. The lowest BCUT2D eigenvalue weighted by atomic mass is 9.82. The van der Waals surface area contributed by atoms with Gasteiger partial charge in [0.2, 0.25) is 11.8 Å². The molecule has 84 heavy (non-hydrogen) atoms. The van der Waals surface area contributed by atoms with E-state index in [0.29, 0.717) is 43.9 Å². The van der Waals surface area contributed by atoms with E-state index < -0.39 is 90.5 Å². The Balaban J connectivity index is 1.71. The van der Waals surface area contributed by atoms with Crippen molar-refractivity contribution in [2.75, 3.05) is 80.3 Å². The molecule has 2 heterocycles. The van der Waals surface area contributed by atoms with Crippen molar-refractivity contribution >= 4 is 82.2 Å². The van der Waals surface area contributed by atoms with E-state index >= 15 is 0 Å². The van der Waals surface area contributed by atoms with Gasteiger partial charge in [-0.3, -0.25) is 57.7 Å². The van der Waals surface area contributed by atoms with Gasteiger partial charge < -0.3 is 29.1 Å². The van der Waals surface area contributed by atoms with Crippen molar-refractivity contribution in [3.63, 3.8) is 0 Å². The predicted molar refractivity (Wildman–Crippen MR) is 326 cm³/mol. The van der Waals surface area contributed by atoms with Gasteiger partial charge in [0.15, 0.2) is 17.3 Å². The molecule has 9 atom stereocenters. The topological polar surface area (TPSA) is 238 Å². The molecular weight excluding hydrogens is 1120 g/mol. The van der Waals surface area contributed by atoms with Crippen LogP contribution in [0.1, 0.15) is 125 Å². The van der Waals surface area contributed by atoms with E-state index in [1.54, 1.807) is 74.4 Å². The normalized spacial score (nSPS) is 19.0. The summed E-state index contributed by atoms with van der Waals surface area (Å²) in [6.45, 7) is 14.9. The van der Waals surface area contributed by atoms with E-state index in [1.807, 2.05) is 62.9 Å². The Labute approximate surface area is 507 Å². The first kappa shape index (κ1) is 73.0. The standard InChI is InChI=1S/C62H96N6O14S2/c1-15-42(4)57(52(80-12)37-56(75)66-31-21-26-50(66)58(81-13)43(5)51(71)35-46(60(77)78)34-45-22-17-16-18-23-45)65(11)59(76)49(41(2)3)36-53(72)62(7,8)64(10)30-20-25-48(70)39-68-55(74)28-33-84-40-83-32-27-54(73)67(68)38-47(69)24-19-29-63(9)44(6)61(79)82-14/h16-18,22-23,27-28,32-33,41-44,46,49-50,52,57-58H,15,19-21,24-26,29-31,34-40H2,1-14H3,(H,77,78)/b32-27+,33-28+/t42?,43-,44-,46+,49-,50-,52?,57-,58+/m0/s1. The highest BCUT2D eigenvalue weighted by Crippen LogP contribution is 2.33. The van der Waals surface area contributed by atoms with Crippen LogP contribution in [0, 0.1) is 29.6 Å². The van der Waals surface area contributed by atoms with E-state index in [0.717, 1.165) is 15.6 Å². The maximum atomic E-state index is 14.8. The maximum absolute atomic E-state index is 14.8. The van der Waals surface area contributed by atoms with E-state index in [-0.39, 0.29) is 98.3 Å². The molecule has 2 aliphatic rings. The van der Waals surface area contributed by atoms with Gasteiger partial charge in [-0.15, -0.1) is 23.5 Å². The number of aliphatic carboxylic acids is 1. The minimum atomic E-state index is -1.09. The van der Waals surface area contributed by atoms with Crippen molar-refractivity contribution in [3.8, 4) is 0 Å². The van der Waals surface area contributed by atoms with E-state index in [9.17, 15) is 53.1 Å². The van der Waals surface area contributed by atoms with Crippen LogP contribution in [0.5, 0.6) is 0 Å². The highest BCUT2D eigenvalue weighted by Gasteiger charge is 2.44. The van der Waals surface area contributed by atoms with Crippen molar-refractivity contribution in [1.29, 1.82) is 0 Å². The van der Waals surface area contributed by atoms with Gasteiger partial charge in [0.05, 0.1) is 49.3 Å². The number of likely N-dealkylation sites (tertiary alicyclic amines) is 1. The zero-order valence-corrected chi connectivity index (χ0v) is 53.9. The minimum Gasteiger partial charge on any atom is -0.481 e. The maximum Gasteiger partial charge on any atom is 0.322 e. The summed E-state index contributed by atoms with van der Waals surface area (Å²) in [6.07, 6.45) is 3.54. The smallest absolute Gasteiger partial charge is 0.322 e. The predicted octanol–water partition coefficient (Wildman–Crippen LogP) is 6.98. The van der Waals surface area contributed by atoms with Crippen LogP contribution in [0.25, 0.3) is 0 Å². The first-order valence-electron chi connectivity index (χ1n) is 29.3. The summed E-state index contributed by atoms with van der Waals surface area (Å²) >= 11 is 2.68. The Bertz CT molecular complexity index is 2440. The summed E-state index contributed by atoms with van der Waals surface area (Å²) in [5.41, 5.74) is -0.269. The zero-order valence-electron chi connectivity index (χ0n) is 52.2. The Hall–Kier alpha value is -5.26. The third kappa shape index (κ3) is 21.6. The number of thioether (sulfide) groups is 2. The van der Waals surface area contributed by atoms with Gasteiger partial charge in [-0.25, -0.2) is 10.0 Å². The van der Waals surface area contributed by atoms with E-state index in [1.165, 1.54) is 57.0 Å². The number of Topliss-reactive ketones (excluding diaryl/α,β-unsaturated/α-hetero) is 4. The molecule has 1 aromatic rings. The van der Waals surface area contributed by atoms with Crippen molar-refractivity contribution in [2.24, 2.45) is 29.6 Å². The summed E-state index contributed by atoms with van der Waals surface area (Å²) in [7, 11) is 9.51. The van der Waals surface area contributed by atoms with Crippen LogP contribution in [0.4, 0.5) is 0 Å². The second kappa shape index (κ2) is 36.0. The van der Waals surface area contributed by atoms with Gasteiger partial charge in [0.25, 0.3) is 11.8 Å². The molecule has 3 rings (SSSR count). The molecule has 2 aliphatic heterocycles. The lowest BCUT2D eigenvalue weighted by Gasteiger charge is -2.41. The molecule has 0 radical (unpaired) electrons. The number of methoxy groups -OCH3 is 3. The fraction of sp³-hybridized carbons (Fsp3) is 0.677. The number of hydrogen-bond donors (Lipinski definition) is 1. The van der Waals surface area contributed by atoms with Gasteiger partial charge in [0.1, 0.15) is 24.9 Å². The summed E-state index contributed by atoms with van der Waals surface area (Å²) in [6, 6.07) is 7.62. The number of ether oxygens (including phenoxy) is 3. The molecular formula is C62H96N6O14S2. The van der Waals surface area contributed by atoms with Gasteiger partial charge >= 0.3 is 11.9 Å². The zero-order chi connectivity index (χ0) is 63.0. The average Bonchev–Trinajstić information content (AvgIpc) is 2.69. The first-order chi connectivity index (χ1) is 39.7. The summed E-state index contributed by atoms with van der Waals surface area (Å²) in [4.78, 5) is 143. The van der Waals surface area contributed by atoms with Gasteiger partial charge in [0, 0.05) is 82.6 Å². The number of rotatable bonds is 36. The van der Waals surface area contributed by atoms with E-state index in [4.69, 9.17) is 14.2 Å². The number of hydrazine groups is 1. The van der Waals surface area contributed by atoms with E-state index in [2.05, 4.69) is 0 Å². The monoisotopic (exact) mass is 1210 g/mol. The molecule has 1 saturated heterocycles. The summed E-state index contributed by atoms with van der Waals surface area (Å²) < 4.78 is 16.9. The molecule has 20 nitrogen and oxygen atoms in total. The largest absolute Gasteiger partial charge is 0.481 e. The van der Waals surface area contributed by atoms with Crippen molar-refractivity contribution < 1.29 is 67.3 Å². The lowest BCUT2D eigenvalue weighted by Crippen LogP contribution is -2.55. The number of esters is 1. The van der Waals surface area contributed by atoms with Crippen LogP contribution in [0.15, 0.2) is 53.3 Å². The highest BCUT2D eigenvalue weighted by molar-refractivity contribution is 8.18. The first-order valence-corrected chi connectivity index (χ1v) is 31.4. The molecule has 0 spiro atoms. The van der Waals surface area contributed by atoms with Gasteiger partial charge in [-0.05, 0) is 108 Å². The van der Waals surface area contributed by atoms with Crippen molar-refractivity contribution in [3.05, 3.63) is 58.9 Å². The molecule has 0 bridgehead atoms. The molecule has 1 fully saturated rings.